The molecule has 11 N–H and O–H groups in total. The molecule has 4 aliphatic rings. The third kappa shape index (κ3) is 13.0. The van der Waals surface area contributed by atoms with E-state index in [9.17, 15) is 65.1 Å². The summed E-state index contributed by atoms with van der Waals surface area (Å²) in [6, 6.07) is 6.99. The van der Waals surface area contributed by atoms with Crippen molar-refractivity contribution in [2.75, 3.05) is 26.4 Å². The molecular formula is C46H68N2O22. The minimum atomic E-state index is -1.72. The van der Waals surface area contributed by atoms with Gasteiger partial charge >= 0.3 is 11.6 Å². The molecule has 0 spiro atoms. The van der Waals surface area contributed by atoms with E-state index in [2.05, 4.69) is 10.6 Å². The maximum Gasteiger partial charge on any atom is 0.341 e. The molecule has 4 fully saturated rings. The average molecular weight is 1000 g/mol. The summed E-state index contributed by atoms with van der Waals surface area (Å²) in [5.41, 5.74) is -0.216. The van der Waals surface area contributed by atoms with Crippen molar-refractivity contribution in [1.82, 2.24) is 10.6 Å². The van der Waals surface area contributed by atoms with Crippen molar-refractivity contribution in [1.29, 1.82) is 0 Å². The van der Waals surface area contributed by atoms with E-state index >= 15 is 0 Å². The van der Waals surface area contributed by atoms with Crippen molar-refractivity contribution in [3.8, 4) is 0 Å². The first-order valence-electron chi connectivity index (χ1n) is 23.7. The summed E-state index contributed by atoms with van der Waals surface area (Å²) in [5, 5.41) is 102. The Labute approximate surface area is 402 Å². The Kier molecular flexibility index (Phi) is 20.0. The number of para-hydroxylation sites is 1. The number of aliphatic hydroxyl groups is 8. The van der Waals surface area contributed by atoms with Gasteiger partial charge in [0.25, 0.3) is 0 Å². The topological polar surface area (TPSA) is 361 Å². The van der Waals surface area contributed by atoms with Gasteiger partial charge in [-0.2, -0.15) is 0 Å². The number of amides is 2. The fourth-order valence-corrected chi connectivity index (χ4v) is 9.42. The Balaban J connectivity index is 1.17. The van der Waals surface area contributed by atoms with Crippen LogP contribution in [0.2, 0.25) is 0 Å². The Morgan fingerprint density at radius 2 is 1.49 bits per heavy atom. The summed E-state index contributed by atoms with van der Waals surface area (Å²) in [4.78, 5) is 51.6. The van der Waals surface area contributed by atoms with E-state index in [1.54, 1.807) is 37.3 Å². The first-order chi connectivity index (χ1) is 33.4. The third-order valence-electron chi connectivity index (χ3n) is 13.3. The zero-order valence-corrected chi connectivity index (χ0v) is 39.3. The number of aliphatic carboxylic acids is 1. The molecule has 1 aliphatic carbocycles. The van der Waals surface area contributed by atoms with Gasteiger partial charge in [-0.1, -0.05) is 44.9 Å². The number of carbonyl (C=O) groups excluding carboxylic acids is 2. The number of rotatable bonds is 21. The van der Waals surface area contributed by atoms with Gasteiger partial charge in [-0.15, -0.1) is 0 Å². The molecule has 4 heterocycles. The van der Waals surface area contributed by atoms with E-state index in [-0.39, 0.29) is 44.6 Å². The van der Waals surface area contributed by atoms with Crippen LogP contribution in [0.4, 0.5) is 0 Å². The number of hydrogen-bond donors (Lipinski definition) is 11. The van der Waals surface area contributed by atoms with E-state index in [1.807, 2.05) is 6.92 Å². The van der Waals surface area contributed by atoms with Crippen molar-refractivity contribution in [3.63, 3.8) is 0 Å². The number of carbonyl (C=O) groups is 3. The van der Waals surface area contributed by atoms with E-state index < -0.39 is 159 Å². The first-order valence-corrected chi connectivity index (χ1v) is 23.7. The molecule has 70 heavy (non-hydrogen) atoms. The molecule has 6 rings (SSSR count). The number of fused-ring (bicyclic) bond motifs is 1. The maximum atomic E-state index is 14.0. The van der Waals surface area contributed by atoms with Crippen molar-refractivity contribution >= 4 is 28.8 Å². The van der Waals surface area contributed by atoms with Crippen LogP contribution in [-0.2, 0) is 58.9 Å². The van der Waals surface area contributed by atoms with Crippen LogP contribution in [0.25, 0.3) is 11.0 Å². The second-order valence-electron chi connectivity index (χ2n) is 18.2. The van der Waals surface area contributed by atoms with Crippen LogP contribution < -0.4 is 16.3 Å². The molecule has 3 aliphatic heterocycles. The van der Waals surface area contributed by atoms with Gasteiger partial charge in [0.05, 0.1) is 50.3 Å². The second-order valence-corrected chi connectivity index (χ2v) is 18.2. The third-order valence-corrected chi connectivity index (χ3v) is 13.3. The molecule has 2 aromatic rings. The fourth-order valence-electron chi connectivity index (χ4n) is 9.42. The van der Waals surface area contributed by atoms with Crippen molar-refractivity contribution in [2.24, 2.45) is 11.8 Å². The van der Waals surface area contributed by atoms with Crippen LogP contribution in [0.15, 0.2) is 39.5 Å². The largest absolute Gasteiger partial charge is 0.479 e. The highest BCUT2D eigenvalue weighted by molar-refractivity contribution is 5.79. The minimum absolute atomic E-state index is 0.0341. The van der Waals surface area contributed by atoms with Gasteiger partial charge in [-0.25, -0.2) is 9.59 Å². The summed E-state index contributed by atoms with van der Waals surface area (Å²) >= 11 is 0. The molecule has 20 atom stereocenters. The molecule has 1 saturated carbocycles. The van der Waals surface area contributed by atoms with Gasteiger partial charge in [0.1, 0.15) is 72.7 Å². The van der Waals surface area contributed by atoms with E-state index in [0.29, 0.717) is 23.8 Å². The lowest BCUT2D eigenvalue weighted by Gasteiger charge is -2.49. The number of carboxylic acids is 1. The van der Waals surface area contributed by atoms with Gasteiger partial charge in [0.15, 0.2) is 25.0 Å². The van der Waals surface area contributed by atoms with Gasteiger partial charge in [0.2, 0.25) is 11.8 Å². The molecule has 1 aromatic heterocycles. The van der Waals surface area contributed by atoms with Crippen molar-refractivity contribution < 1.29 is 103 Å². The van der Waals surface area contributed by atoms with Gasteiger partial charge in [-0.3, -0.25) is 9.59 Å². The normalized spacial score (nSPS) is 37.4. The standard InChI is InChI=1S/C46H68N2O22/c1-5-9-27(42(59)60)65-39-31(48-21(4)51)44(68-29(17-49)33(39)53)67-28-16-24(14-22(6-2)38(28)70-46-36(56)35(55)32(52)20(3)64-46)41(58)47-12-13-62-45-37(57)40(34(54)30(18-50)69-45)63-19-25-15-23-10-7-8-11-26(23)66-43(25)61/h7-8,10-11,15,20,22,24,27-40,44-46,49-50,52-57H,5-6,9,12-14,16-19H2,1-4H3,(H,47,58)(H,48,51)(H,59,60)/t20?,22?,24?,27-,28+,29?,30?,31?,32+,33-,34+,35?,36?,37?,38?,39?,40?,44+,45-,46-/m0/s1. The highest BCUT2D eigenvalue weighted by atomic mass is 16.7. The van der Waals surface area contributed by atoms with Crippen LogP contribution in [0, 0.1) is 11.8 Å². The predicted molar refractivity (Wildman–Crippen MR) is 237 cm³/mol. The molecule has 0 bridgehead atoms. The van der Waals surface area contributed by atoms with Crippen LogP contribution >= 0.6 is 0 Å². The number of carboxylic acid groups (broad SMARTS) is 1. The Morgan fingerprint density at radius 1 is 0.800 bits per heavy atom. The lowest BCUT2D eigenvalue weighted by molar-refractivity contribution is -0.338. The lowest BCUT2D eigenvalue weighted by atomic mass is 9.75. The highest BCUT2D eigenvalue weighted by Gasteiger charge is 2.53. The molecule has 3 saturated heterocycles. The Bertz CT molecular complexity index is 2080. The summed E-state index contributed by atoms with van der Waals surface area (Å²) in [6.07, 6.45) is -23.5. The summed E-state index contributed by atoms with van der Waals surface area (Å²) in [5.74, 6) is -3.83. The number of aliphatic hydroxyl groups excluding tert-OH is 8. The van der Waals surface area contributed by atoms with Crippen LogP contribution in [0.5, 0.6) is 0 Å². The molecule has 1 aromatic carbocycles. The van der Waals surface area contributed by atoms with Crippen LogP contribution in [0.1, 0.15) is 65.4 Å². The fraction of sp³-hybridized carbons (Fsp3) is 0.739. The summed E-state index contributed by atoms with van der Waals surface area (Å²) < 4.78 is 53.2. The zero-order valence-electron chi connectivity index (χ0n) is 39.3. The minimum Gasteiger partial charge on any atom is -0.479 e. The molecule has 24 nitrogen and oxygen atoms in total. The van der Waals surface area contributed by atoms with Crippen LogP contribution in [0.3, 0.4) is 0 Å². The average Bonchev–Trinajstić information content (AvgIpc) is 3.33. The zero-order chi connectivity index (χ0) is 51.0. The number of hydrogen-bond acceptors (Lipinski definition) is 21. The van der Waals surface area contributed by atoms with Gasteiger partial charge in [-0.05, 0) is 44.2 Å². The van der Waals surface area contributed by atoms with E-state index in [1.165, 1.54) is 13.8 Å². The Morgan fingerprint density at radius 3 is 2.14 bits per heavy atom. The van der Waals surface area contributed by atoms with Crippen molar-refractivity contribution in [3.05, 3.63) is 46.3 Å². The molecule has 12 unspecified atom stereocenters. The van der Waals surface area contributed by atoms with Gasteiger partial charge < -0.3 is 98.9 Å². The molecular weight excluding hydrogens is 932 g/mol. The van der Waals surface area contributed by atoms with Crippen molar-refractivity contribution in [2.45, 2.75) is 177 Å². The Hall–Kier alpha value is -3.80. The summed E-state index contributed by atoms with van der Waals surface area (Å²) in [7, 11) is 0. The van der Waals surface area contributed by atoms with Gasteiger partial charge in [0, 0.05) is 24.8 Å². The highest BCUT2D eigenvalue weighted by Crippen LogP contribution is 2.40. The quantitative estimate of drug-likeness (QED) is 0.0455. The van der Waals surface area contributed by atoms with Crippen LogP contribution in [-0.4, -0.2) is 200 Å². The molecule has 2 amide bonds. The van der Waals surface area contributed by atoms with E-state index in [0.717, 1.165) is 0 Å². The number of benzene rings is 1. The predicted octanol–water partition coefficient (Wildman–Crippen LogP) is -2.49. The molecule has 24 heteroatoms. The molecule has 394 valence electrons. The van der Waals surface area contributed by atoms with E-state index in [4.69, 9.17) is 42.3 Å². The SMILES string of the molecule is CCC[C@H](OC1C(NC(C)=O)[C@H](O[C@@H]2CC(C(=O)NCCO[C@H]3OC(CO)[C@@H](O)C(OCc4cc5ccccc5oc4=O)C3O)CC(CC)C2O[C@@H]2OC(C)[C@@H](O)C(O)C2O)OC(CO)[C@@H]1O)C(=O)O. The molecule has 0 radical (unpaired) electrons. The number of ether oxygens (including phenoxy) is 8. The smallest absolute Gasteiger partial charge is 0.341 e. The summed E-state index contributed by atoms with van der Waals surface area (Å²) in [6.45, 7) is 3.95. The monoisotopic (exact) mass is 1000 g/mol. The lowest BCUT2D eigenvalue weighted by Crippen LogP contribution is -2.67. The number of nitrogens with one attached hydrogen (secondary N) is 2. The maximum absolute atomic E-state index is 14.0. The second kappa shape index (κ2) is 25.2. The first kappa shape index (κ1) is 55.5.